The van der Waals surface area contributed by atoms with Crippen LogP contribution in [0.15, 0.2) is 6.20 Å². The van der Waals surface area contributed by atoms with Crippen LogP contribution in [0.3, 0.4) is 0 Å². The van der Waals surface area contributed by atoms with Crippen molar-refractivity contribution in [3.8, 4) is 0 Å². The number of amides is 1. The highest BCUT2D eigenvalue weighted by atomic mass is 16.6. The summed E-state index contributed by atoms with van der Waals surface area (Å²) in [4.78, 5) is 22.8. The van der Waals surface area contributed by atoms with E-state index in [0.29, 0.717) is 24.5 Å². The Morgan fingerprint density at radius 3 is 2.79 bits per heavy atom. The van der Waals surface area contributed by atoms with E-state index >= 15 is 0 Å². The fourth-order valence-electron chi connectivity index (χ4n) is 2.78. The van der Waals surface area contributed by atoms with E-state index in [-0.39, 0.29) is 0 Å². The number of nitrogens with one attached hydrogen (secondary N) is 1. The molecule has 0 saturated carbocycles. The normalized spacial score (nSPS) is 16.2. The van der Waals surface area contributed by atoms with Crippen LogP contribution in [-0.2, 0) is 17.6 Å². The molecule has 134 valence electrons. The van der Waals surface area contributed by atoms with Gasteiger partial charge in [-0.25, -0.2) is 14.8 Å². The zero-order chi connectivity index (χ0) is 18.0. The largest absolute Gasteiger partial charge is 0.444 e. The van der Waals surface area contributed by atoms with Gasteiger partial charge in [0, 0.05) is 32.0 Å². The van der Waals surface area contributed by atoms with Crippen LogP contribution >= 0.6 is 0 Å². The number of carbonyl (C=O) groups excluding carboxylic acids is 1. The van der Waals surface area contributed by atoms with E-state index in [1.165, 1.54) is 5.56 Å². The Morgan fingerprint density at radius 1 is 1.42 bits per heavy atom. The second kappa shape index (κ2) is 6.95. The third-order valence-corrected chi connectivity index (χ3v) is 4.11. The van der Waals surface area contributed by atoms with E-state index in [4.69, 9.17) is 9.72 Å². The lowest BCUT2D eigenvalue weighted by atomic mass is 9.76. The number of aromatic nitrogens is 2. The van der Waals surface area contributed by atoms with Crippen molar-refractivity contribution >= 4 is 12.0 Å². The van der Waals surface area contributed by atoms with Crippen molar-refractivity contribution in [1.29, 1.82) is 0 Å². The molecular formula is C18H30N4O2. The quantitative estimate of drug-likeness (QED) is 0.917. The molecule has 1 N–H and O–H groups in total. The zero-order valence-corrected chi connectivity index (χ0v) is 15.8. The number of aryl methyl sites for hydroxylation is 1. The molecule has 1 aliphatic carbocycles. The van der Waals surface area contributed by atoms with Crippen LogP contribution in [0.1, 0.15) is 52.3 Å². The Balaban J connectivity index is 1.87. The number of anilines is 1. The predicted octanol–water partition coefficient (Wildman–Crippen LogP) is 2.95. The molecule has 6 nitrogen and oxygen atoms in total. The van der Waals surface area contributed by atoms with Gasteiger partial charge in [0.25, 0.3) is 0 Å². The summed E-state index contributed by atoms with van der Waals surface area (Å²) in [5, 5.41) is 2.75. The summed E-state index contributed by atoms with van der Waals surface area (Å²) in [7, 11) is 1.94. The second-order valence-electron chi connectivity index (χ2n) is 8.33. The number of hydrogen-bond donors (Lipinski definition) is 1. The summed E-state index contributed by atoms with van der Waals surface area (Å²) in [5.74, 6) is 0.708. The van der Waals surface area contributed by atoms with Crippen LogP contribution < -0.4 is 10.2 Å². The van der Waals surface area contributed by atoms with Crippen LogP contribution in [0, 0.1) is 5.41 Å². The lowest BCUT2D eigenvalue weighted by Gasteiger charge is -2.31. The molecule has 1 aromatic heterocycles. The van der Waals surface area contributed by atoms with Crippen molar-refractivity contribution in [2.24, 2.45) is 5.41 Å². The van der Waals surface area contributed by atoms with E-state index in [9.17, 15) is 4.79 Å². The van der Waals surface area contributed by atoms with Gasteiger partial charge in [0.1, 0.15) is 5.60 Å². The summed E-state index contributed by atoms with van der Waals surface area (Å²) in [6.45, 7) is 11.2. The van der Waals surface area contributed by atoms with E-state index in [2.05, 4.69) is 24.1 Å². The highest BCUT2D eigenvalue weighted by Crippen LogP contribution is 2.33. The lowest BCUT2D eigenvalue weighted by molar-refractivity contribution is 0.0529. The Kier molecular flexibility index (Phi) is 5.35. The molecule has 24 heavy (non-hydrogen) atoms. The molecule has 0 aliphatic heterocycles. The molecule has 1 aliphatic rings. The van der Waals surface area contributed by atoms with E-state index < -0.39 is 11.7 Å². The van der Waals surface area contributed by atoms with Crippen molar-refractivity contribution in [1.82, 2.24) is 15.3 Å². The summed E-state index contributed by atoms with van der Waals surface area (Å²) in [5.41, 5.74) is 2.27. The number of rotatable bonds is 4. The molecule has 0 fully saturated rings. The molecule has 0 unspecified atom stereocenters. The number of fused-ring (bicyclic) bond motifs is 1. The molecule has 0 bridgehead atoms. The standard InChI is InChI=1S/C18H30N4O2/c1-17(2,3)24-16(23)19-9-10-22(6)15-20-12-13-11-18(4,5)8-7-14(13)21-15/h12H,7-11H2,1-6H3,(H,19,23). The summed E-state index contributed by atoms with van der Waals surface area (Å²) >= 11 is 0. The molecule has 2 rings (SSSR count). The molecule has 0 atom stereocenters. The molecule has 0 saturated heterocycles. The van der Waals surface area contributed by atoms with Crippen LogP contribution in [0.2, 0.25) is 0 Å². The van der Waals surface area contributed by atoms with Crippen LogP contribution in [0.4, 0.5) is 10.7 Å². The van der Waals surface area contributed by atoms with Crippen LogP contribution in [0.5, 0.6) is 0 Å². The molecule has 0 spiro atoms. The SMILES string of the molecule is CN(CCNC(=O)OC(C)(C)C)c1ncc2c(n1)CCC(C)(C)C2. The Bertz CT molecular complexity index is 593. The van der Waals surface area contributed by atoms with Crippen molar-refractivity contribution in [2.45, 2.75) is 59.5 Å². The monoisotopic (exact) mass is 334 g/mol. The van der Waals surface area contributed by atoms with Gasteiger partial charge in [-0.1, -0.05) is 13.8 Å². The van der Waals surface area contributed by atoms with Crippen molar-refractivity contribution in [3.63, 3.8) is 0 Å². The zero-order valence-electron chi connectivity index (χ0n) is 15.8. The number of carbonyl (C=O) groups is 1. The molecule has 6 heteroatoms. The Hall–Kier alpha value is -1.85. The average Bonchev–Trinajstić information content (AvgIpc) is 2.43. The molecule has 1 heterocycles. The second-order valence-corrected chi connectivity index (χ2v) is 8.33. The minimum Gasteiger partial charge on any atom is -0.444 e. The highest BCUT2D eigenvalue weighted by Gasteiger charge is 2.26. The maximum atomic E-state index is 11.6. The number of nitrogens with zero attached hydrogens (tertiary/aromatic N) is 3. The Morgan fingerprint density at radius 2 is 2.12 bits per heavy atom. The smallest absolute Gasteiger partial charge is 0.407 e. The van der Waals surface area contributed by atoms with Gasteiger partial charge in [-0.2, -0.15) is 0 Å². The first-order valence-corrected chi connectivity index (χ1v) is 8.58. The van der Waals surface area contributed by atoms with Crippen molar-refractivity contribution in [3.05, 3.63) is 17.5 Å². The summed E-state index contributed by atoms with van der Waals surface area (Å²) in [6, 6.07) is 0. The highest BCUT2D eigenvalue weighted by molar-refractivity contribution is 5.67. The van der Waals surface area contributed by atoms with Gasteiger partial charge in [0.15, 0.2) is 0 Å². The fourth-order valence-corrected chi connectivity index (χ4v) is 2.78. The predicted molar refractivity (Wildman–Crippen MR) is 95.3 cm³/mol. The third kappa shape index (κ3) is 5.35. The first-order valence-electron chi connectivity index (χ1n) is 8.58. The lowest BCUT2D eigenvalue weighted by Crippen LogP contribution is -2.37. The van der Waals surface area contributed by atoms with Gasteiger partial charge >= 0.3 is 6.09 Å². The maximum absolute atomic E-state index is 11.6. The van der Waals surface area contributed by atoms with Gasteiger partial charge in [-0.05, 0) is 51.0 Å². The fraction of sp³-hybridized carbons (Fsp3) is 0.722. The van der Waals surface area contributed by atoms with Gasteiger partial charge in [-0.3, -0.25) is 0 Å². The molecule has 0 aromatic carbocycles. The van der Waals surface area contributed by atoms with Gasteiger partial charge < -0.3 is 15.0 Å². The van der Waals surface area contributed by atoms with Crippen molar-refractivity contribution in [2.75, 3.05) is 25.0 Å². The first-order chi connectivity index (χ1) is 11.1. The molecule has 1 amide bonds. The number of alkyl carbamates (subject to hydrolysis) is 1. The van der Waals surface area contributed by atoms with Gasteiger partial charge in [-0.15, -0.1) is 0 Å². The molecular weight excluding hydrogens is 304 g/mol. The first kappa shape index (κ1) is 18.5. The average molecular weight is 334 g/mol. The van der Waals surface area contributed by atoms with E-state index in [1.54, 1.807) is 0 Å². The third-order valence-electron chi connectivity index (χ3n) is 4.11. The van der Waals surface area contributed by atoms with Crippen molar-refractivity contribution < 1.29 is 9.53 Å². The Labute approximate surface area is 145 Å². The number of likely N-dealkylation sites (N-methyl/N-ethyl adjacent to an activating group) is 1. The van der Waals surface area contributed by atoms with E-state index in [1.807, 2.05) is 38.9 Å². The molecule has 1 aromatic rings. The van der Waals surface area contributed by atoms with Gasteiger partial charge in [0.2, 0.25) is 5.95 Å². The minimum atomic E-state index is -0.481. The summed E-state index contributed by atoms with van der Waals surface area (Å²) in [6.07, 6.45) is 4.75. The summed E-state index contributed by atoms with van der Waals surface area (Å²) < 4.78 is 5.22. The number of hydrogen-bond acceptors (Lipinski definition) is 5. The topological polar surface area (TPSA) is 67.4 Å². The number of ether oxygens (including phenoxy) is 1. The van der Waals surface area contributed by atoms with Crippen LogP contribution in [0.25, 0.3) is 0 Å². The van der Waals surface area contributed by atoms with E-state index in [0.717, 1.165) is 25.0 Å². The minimum absolute atomic E-state index is 0.334. The van der Waals surface area contributed by atoms with Gasteiger partial charge in [0.05, 0.1) is 0 Å². The molecule has 0 radical (unpaired) electrons. The maximum Gasteiger partial charge on any atom is 0.407 e. The van der Waals surface area contributed by atoms with Crippen LogP contribution in [-0.4, -0.2) is 41.8 Å².